The van der Waals surface area contributed by atoms with Crippen LogP contribution in [0.2, 0.25) is 5.02 Å². The molecule has 0 bridgehead atoms. The third-order valence-electron chi connectivity index (χ3n) is 3.38. The molecule has 0 heterocycles. The van der Waals surface area contributed by atoms with Crippen molar-refractivity contribution in [2.45, 2.75) is 31.0 Å². The minimum atomic E-state index is -4.75. The highest BCUT2D eigenvalue weighted by Crippen LogP contribution is 2.45. The van der Waals surface area contributed by atoms with Gasteiger partial charge in [0.05, 0.1) is 11.6 Å². The van der Waals surface area contributed by atoms with Crippen molar-refractivity contribution < 1.29 is 23.0 Å². The number of halogens is 4. The van der Waals surface area contributed by atoms with E-state index in [0.717, 1.165) is 24.8 Å². The number of ether oxygens (including phenoxy) is 1. The van der Waals surface area contributed by atoms with Gasteiger partial charge < -0.3 is 9.84 Å². The van der Waals surface area contributed by atoms with Gasteiger partial charge >= 0.3 is 6.36 Å². The predicted octanol–water partition coefficient (Wildman–Crippen LogP) is 3.65. The lowest BCUT2D eigenvalue weighted by Crippen LogP contribution is -2.37. The van der Waals surface area contributed by atoms with Gasteiger partial charge in [0.2, 0.25) is 0 Å². The summed E-state index contributed by atoms with van der Waals surface area (Å²) >= 11 is 5.77. The Morgan fingerprint density at radius 3 is 2.39 bits per heavy atom. The van der Waals surface area contributed by atoms with Crippen LogP contribution in [0.4, 0.5) is 13.2 Å². The first-order chi connectivity index (χ1) is 8.36. The number of hydrogen-bond acceptors (Lipinski definition) is 2. The smallest absolute Gasteiger partial charge is 0.404 e. The highest BCUT2D eigenvalue weighted by atomic mass is 35.5. The Morgan fingerprint density at radius 2 is 2.00 bits per heavy atom. The van der Waals surface area contributed by atoms with Crippen molar-refractivity contribution in [2.75, 3.05) is 6.61 Å². The minimum Gasteiger partial charge on any atom is -0.404 e. The lowest BCUT2D eigenvalue weighted by molar-refractivity contribution is -0.274. The van der Waals surface area contributed by atoms with Gasteiger partial charge in [-0.05, 0) is 30.5 Å². The molecule has 18 heavy (non-hydrogen) atoms. The average Bonchev–Trinajstić information content (AvgIpc) is 2.19. The Kier molecular flexibility index (Phi) is 3.47. The molecule has 1 saturated carbocycles. The molecular weight excluding hydrogens is 269 g/mol. The lowest BCUT2D eigenvalue weighted by Gasteiger charge is -2.41. The Bertz CT molecular complexity index is 436. The van der Waals surface area contributed by atoms with Gasteiger partial charge in [-0.15, -0.1) is 13.2 Å². The van der Waals surface area contributed by atoms with Crippen molar-refractivity contribution >= 4 is 11.6 Å². The maximum absolute atomic E-state index is 12.1. The summed E-state index contributed by atoms with van der Waals surface area (Å²) in [7, 11) is 0. The normalized spacial score (nSPS) is 18.3. The van der Waals surface area contributed by atoms with Gasteiger partial charge in [0, 0.05) is 5.41 Å². The topological polar surface area (TPSA) is 29.5 Å². The van der Waals surface area contributed by atoms with Gasteiger partial charge in [0.15, 0.2) is 0 Å². The number of aliphatic hydroxyl groups excluding tert-OH is 1. The maximum Gasteiger partial charge on any atom is 0.573 e. The molecule has 0 aliphatic heterocycles. The van der Waals surface area contributed by atoms with Crippen molar-refractivity contribution in [3.05, 3.63) is 28.8 Å². The summed E-state index contributed by atoms with van der Waals surface area (Å²) in [5.74, 6) is -0.416. The first-order valence-electron chi connectivity index (χ1n) is 5.53. The highest BCUT2D eigenvalue weighted by molar-refractivity contribution is 6.32. The fraction of sp³-hybridized carbons (Fsp3) is 0.500. The standard InChI is InChI=1S/C12H12ClF3O2/c13-9-6-8(11(7-17)4-1-5-11)2-3-10(9)18-12(14,15)16/h2-3,6,17H,1,4-5,7H2. The van der Waals surface area contributed by atoms with E-state index in [1.807, 2.05) is 0 Å². The summed E-state index contributed by atoms with van der Waals surface area (Å²) in [4.78, 5) is 0. The Balaban J connectivity index is 2.25. The molecule has 100 valence electrons. The fourth-order valence-corrected chi connectivity index (χ4v) is 2.40. The third kappa shape index (κ3) is 2.57. The second kappa shape index (κ2) is 4.63. The Labute approximate surface area is 107 Å². The monoisotopic (exact) mass is 280 g/mol. The summed E-state index contributed by atoms with van der Waals surface area (Å²) < 4.78 is 40.0. The van der Waals surface area contributed by atoms with Crippen molar-refractivity contribution in [1.82, 2.24) is 0 Å². The number of alkyl halides is 3. The van der Waals surface area contributed by atoms with Crippen LogP contribution in [0.5, 0.6) is 5.75 Å². The molecule has 1 aliphatic rings. The number of benzene rings is 1. The van der Waals surface area contributed by atoms with Gasteiger partial charge in [-0.25, -0.2) is 0 Å². The maximum atomic E-state index is 12.1. The summed E-state index contributed by atoms with van der Waals surface area (Å²) in [5, 5.41) is 9.29. The van der Waals surface area contributed by atoms with E-state index in [1.165, 1.54) is 18.2 Å². The molecule has 2 nitrogen and oxygen atoms in total. The molecule has 1 aromatic rings. The van der Waals surface area contributed by atoms with E-state index in [2.05, 4.69) is 4.74 Å². The van der Waals surface area contributed by atoms with E-state index in [0.29, 0.717) is 0 Å². The van der Waals surface area contributed by atoms with E-state index < -0.39 is 12.1 Å². The average molecular weight is 281 g/mol. The molecule has 1 N–H and O–H groups in total. The predicted molar refractivity (Wildman–Crippen MR) is 60.7 cm³/mol. The molecule has 2 rings (SSSR count). The quantitative estimate of drug-likeness (QED) is 0.916. The van der Waals surface area contributed by atoms with Crippen LogP contribution in [0, 0.1) is 0 Å². The SMILES string of the molecule is OCC1(c2ccc(OC(F)(F)F)c(Cl)c2)CCC1. The van der Waals surface area contributed by atoms with Crippen LogP contribution >= 0.6 is 11.6 Å². The molecule has 1 aromatic carbocycles. The van der Waals surface area contributed by atoms with Crippen molar-refractivity contribution in [2.24, 2.45) is 0 Å². The van der Waals surface area contributed by atoms with Gasteiger partial charge in [-0.1, -0.05) is 24.1 Å². The van der Waals surface area contributed by atoms with Crippen molar-refractivity contribution in [3.63, 3.8) is 0 Å². The Morgan fingerprint density at radius 1 is 1.33 bits per heavy atom. The lowest BCUT2D eigenvalue weighted by atomic mass is 9.65. The number of aliphatic hydroxyl groups is 1. The summed E-state index contributed by atoms with van der Waals surface area (Å²) in [6.07, 6.45) is -2.12. The van der Waals surface area contributed by atoms with Crippen molar-refractivity contribution in [1.29, 1.82) is 0 Å². The molecule has 1 fully saturated rings. The molecule has 0 radical (unpaired) electrons. The van der Waals surface area contributed by atoms with Crippen LogP contribution < -0.4 is 4.74 Å². The fourth-order valence-electron chi connectivity index (χ4n) is 2.18. The summed E-state index contributed by atoms with van der Waals surface area (Å²) in [6.45, 7) is -0.0250. The van der Waals surface area contributed by atoms with Crippen LogP contribution in [0.25, 0.3) is 0 Å². The van der Waals surface area contributed by atoms with Gasteiger partial charge in [-0.3, -0.25) is 0 Å². The first-order valence-corrected chi connectivity index (χ1v) is 5.91. The molecule has 0 saturated heterocycles. The van der Waals surface area contributed by atoms with E-state index in [4.69, 9.17) is 11.6 Å². The van der Waals surface area contributed by atoms with Gasteiger partial charge in [0.1, 0.15) is 5.75 Å². The first kappa shape index (κ1) is 13.5. The molecule has 1 aliphatic carbocycles. The van der Waals surface area contributed by atoms with E-state index in [9.17, 15) is 18.3 Å². The summed E-state index contributed by atoms with van der Waals surface area (Å²) in [5.41, 5.74) is 0.413. The number of hydrogen-bond donors (Lipinski definition) is 1. The molecule has 0 unspecified atom stereocenters. The molecule has 0 atom stereocenters. The second-order valence-corrected chi connectivity index (χ2v) is 4.89. The minimum absolute atomic E-state index is 0.0250. The van der Waals surface area contributed by atoms with Crippen LogP contribution in [-0.2, 0) is 5.41 Å². The molecule has 0 spiro atoms. The molecular formula is C12H12ClF3O2. The number of rotatable bonds is 3. The van der Waals surface area contributed by atoms with E-state index in [-0.39, 0.29) is 17.0 Å². The largest absolute Gasteiger partial charge is 0.573 e. The molecule has 0 aromatic heterocycles. The van der Waals surface area contributed by atoms with E-state index >= 15 is 0 Å². The van der Waals surface area contributed by atoms with Crippen LogP contribution in [0.15, 0.2) is 18.2 Å². The van der Waals surface area contributed by atoms with Crippen molar-refractivity contribution in [3.8, 4) is 5.75 Å². The van der Waals surface area contributed by atoms with E-state index in [1.54, 1.807) is 0 Å². The van der Waals surface area contributed by atoms with Crippen LogP contribution in [-0.4, -0.2) is 18.1 Å². The van der Waals surface area contributed by atoms with Crippen LogP contribution in [0.3, 0.4) is 0 Å². The molecule has 0 amide bonds. The summed E-state index contributed by atoms with van der Waals surface area (Å²) in [6, 6.07) is 4.17. The zero-order valence-corrected chi connectivity index (χ0v) is 10.2. The van der Waals surface area contributed by atoms with Gasteiger partial charge in [0.25, 0.3) is 0 Å². The zero-order chi connectivity index (χ0) is 13.4. The molecule has 6 heteroatoms. The van der Waals surface area contributed by atoms with Crippen LogP contribution in [0.1, 0.15) is 24.8 Å². The highest BCUT2D eigenvalue weighted by Gasteiger charge is 2.39. The Hall–Kier alpha value is -0.940. The second-order valence-electron chi connectivity index (χ2n) is 4.49. The van der Waals surface area contributed by atoms with Gasteiger partial charge in [-0.2, -0.15) is 0 Å². The third-order valence-corrected chi connectivity index (χ3v) is 3.68. The zero-order valence-electron chi connectivity index (χ0n) is 9.43.